The summed E-state index contributed by atoms with van der Waals surface area (Å²) >= 11 is 0. The number of amides is 1. The number of aliphatic hydroxyl groups is 2. The van der Waals surface area contributed by atoms with Crippen LogP contribution in [0.2, 0.25) is 0 Å². The van der Waals surface area contributed by atoms with E-state index in [1.807, 2.05) is 25.1 Å². The summed E-state index contributed by atoms with van der Waals surface area (Å²) in [5, 5.41) is 46.7. The maximum atomic E-state index is 12.8. The van der Waals surface area contributed by atoms with Crippen LogP contribution in [0.25, 0.3) is 10.9 Å². The van der Waals surface area contributed by atoms with Gasteiger partial charge in [0, 0.05) is 29.1 Å². The third kappa shape index (κ3) is 6.25. The highest BCUT2D eigenvalue weighted by Crippen LogP contribution is 2.27. The third-order valence-corrected chi connectivity index (χ3v) is 6.54. The van der Waals surface area contributed by atoms with Gasteiger partial charge in [0.25, 0.3) is 5.91 Å². The molecule has 9 nitrogen and oxygen atoms in total. The van der Waals surface area contributed by atoms with Crippen molar-refractivity contribution in [3.8, 4) is 17.2 Å². The van der Waals surface area contributed by atoms with Crippen LogP contribution in [0.15, 0.2) is 60.7 Å². The number of methoxy groups -OCH3 is 1. The Hall–Kier alpha value is -4.05. The quantitative estimate of drug-likeness (QED) is 0.161. The Balaban J connectivity index is 1.35. The van der Waals surface area contributed by atoms with Crippen LogP contribution in [-0.2, 0) is 19.6 Å². The van der Waals surface area contributed by atoms with Crippen molar-refractivity contribution in [2.75, 3.05) is 13.7 Å². The van der Waals surface area contributed by atoms with E-state index < -0.39 is 6.10 Å². The Bertz CT molecular complexity index is 1420. The van der Waals surface area contributed by atoms with Crippen molar-refractivity contribution in [2.45, 2.75) is 38.6 Å². The Kier molecular flexibility index (Phi) is 8.52. The minimum atomic E-state index is -0.783. The average Bonchev–Trinajstić information content (AvgIpc) is 3.34. The van der Waals surface area contributed by atoms with Gasteiger partial charge in [-0.25, -0.2) is 0 Å². The summed E-state index contributed by atoms with van der Waals surface area (Å²) in [6, 6.07) is 17.5. The van der Waals surface area contributed by atoms with Crippen molar-refractivity contribution < 1.29 is 30.0 Å². The van der Waals surface area contributed by atoms with E-state index in [1.165, 1.54) is 13.2 Å². The summed E-state index contributed by atoms with van der Waals surface area (Å²) < 4.78 is 5.27. The van der Waals surface area contributed by atoms with Crippen LogP contribution in [0.5, 0.6) is 17.2 Å². The molecule has 0 spiro atoms. The Morgan fingerprint density at radius 3 is 2.63 bits per heavy atom. The number of phenols is 2. The number of hydrogen-bond acceptors (Lipinski definition) is 7. The second-order valence-electron chi connectivity index (χ2n) is 9.32. The molecule has 200 valence electrons. The molecule has 4 aromatic rings. The number of aromatic hydroxyl groups is 2. The molecule has 4 rings (SSSR count). The third-order valence-electron chi connectivity index (χ3n) is 6.54. The van der Waals surface area contributed by atoms with Crippen LogP contribution in [0.1, 0.15) is 45.8 Å². The van der Waals surface area contributed by atoms with Crippen molar-refractivity contribution in [1.29, 1.82) is 0 Å². The van der Waals surface area contributed by atoms with E-state index in [1.54, 1.807) is 36.4 Å². The lowest BCUT2D eigenvalue weighted by Gasteiger charge is -2.18. The van der Waals surface area contributed by atoms with E-state index in [9.17, 15) is 25.2 Å². The number of aromatic amines is 1. The van der Waals surface area contributed by atoms with Crippen LogP contribution in [0.4, 0.5) is 0 Å². The standard InChI is InChI=1S/C29H33N3O6/c1-17(30-15-27(36)19-7-9-25(34)21(12-19)16-33)10-18-6-8-23-20(11-18)13-24(32-23)29(37)31-14-22-26(35)4-3-5-28(22)38-2/h3-9,11-13,17,27,30,32-36H,10,14-16H2,1-2H3,(H,31,37)/t17-,27+/m1/s1. The van der Waals surface area contributed by atoms with Crippen LogP contribution in [0.3, 0.4) is 0 Å². The fourth-order valence-electron chi connectivity index (χ4n) is 4.41. The molecule has 0 saturated heterocycles. The summed E-state index contributed by atoms with van der Waals surface area (Å²) in [6.07, 6.45) is -0.0748. The molecule has 1 heterocycles. The van der Waals surface area contributed by atoms with Crippen molar-refractivity contribution >= 4 is 16.8 Å². The largest absolute Gasteiger partial charge is 0.508 e. The molecule has 1 amide bonds. The normalized spacial score (nSPS) is 12.8. The van der Waals surface area contributed by atoms with Crippen LogP contribution >= 0.6 is 0 Å². The molecular formula is C29H33N3O6. The molecule has 3 aromatic carbocycles. The van der Waals surface area contributed by atoms with Gasteiger partial charge in [0.2, 0.25) is 0 Å². The van der Waals surface area contributed by atoms with Crippen molar-refractivity contribution in [3.63, 3.8) is 0 Å². The number of nitrogens with one attached hydrogen (secondary N) is 3. The minimum absolute atomic E-state index is 0.00119. The zero-order valence-electron chi connectivity index (χ0n) is 21.4. The second-order valence-corrected chi connectivity index (χ2v) is 9.32. The number of phenolic OH excluding ortho intramolecular Hbond substituents is 1. The van der Waals surface area contributed by atoms with Gasteiger partial charge in [-0.05, 0) is 66.9 Å². The fourth-order valence-corrected chi connectivity index (χ4v) is 4.41. The summed E-state index contributed by atoms with van der Waals surface area (Å²) in [6.45, 7) is 2.16. The van der Waals surface area contributed by atoms with E-state index in [4.69, 9.17) is 4.74 Å². The number of rotatable bonds is 11. The summed E-state index contributed by atoms with van der Waals surface area (Å²) in [4.78, 5) is 15.9. The molecule has 0 unspecified atom stereocenters. The highest BCUT2D eigenvalue weighted by molar-refractivity contribution is 5.98. The first-order valence-electron chi connectivity index (χ1n) is 12.4. The highest BCUT2D eigenvalue weighted by atomic mass is 16.5. The number of carbonyl (C=O) groups is 1. The van der Waals surface area contributed by atoms with Gasteiger partial charge in [-0.2, -0.15) is 0 Å². The topological polar surface area (TPSA) is 147 Å². The van der Waals surface area contributed by atoms with Gasteiger partial charge in [0.1, 0.15) is 22.9 Å². The molecule has 0 bridgehead atoms. The van der Waals surface area contributed by atoms with E-state index in [-0.39, 0.29) is 36.6 Å². The minimum Gasteiger partial charge on any atom is -0.508 e. The molecule has 38 heavy (non-hydrogen) atoms. The van der Waals surface area contributed by atoms with Crippen LogP contribution in [0, 0.1) is 0 Å². The van der Waals surface area contributed by atoms with E-state index >= 15 is 0 Å². The Labute approximate surface area is 220 Å². The van der Waals surface area contributed by atoms with E-state index in [0.29, 0.717) is 41.1 Å². The summed E-state index contributed by atoms with van der Waals surface area (Å²) in [5.74, 6) is 0.260. The Morgan fingerprint density at radius 1 is 1.05 bits per heavy atom. The van der Waals surface area contributed by atoms with Crippen molar-refractivity contribution in [1.82, 2.24) is 15.6 Å². The van der Waals surface area contributed by atoms with Crippen LogP contribution in [-0.4, -0.2) is 51.0 Å². The number of aromatic nitrogens is 1. The average molecular weight is 520 g/mol. The zero-order valence-corrected chi connectivity index (χ0v) is 21.4. The molecule has 2 atom stereocenters. The van der Waals surface area contributed by atoms with E-state index in [0.717, 1.165) is 16.5 Å². The van der Waals surface area contributed by atoms with Gasteiger partial charge < -0.3 is 40.8 Å². The van der Waals surface area contributed by atoms with Gasteiger partial charge in [0.05, 0.1) is 31.9 Å². The zero-order chi connectivity index (χ0) is 27.2. The number of benzene rings is 3. The first-order valence-corrected chi connectivity index (χ1v) is 12.4. The maximum absolute atomic E-state index is 12.8. The molecule has 0 radical (unpaired) electrons. The van der Waals surface area contributed by atoms with E-state index in [2.05, 4.69) is 15.6 Å². The summed E-state index contributed by atoms with van der Waals surface area (Å²) in [7, 11) is 1.51. The predicted molar refractivity (Wildman–Crippen MR) is 144 cm³/mol. The van der Waals surface area contributed by atoms with Crippen molar-refractivity contribution in [3.05, 3.63) is 88.6 Å². The lowest BCUT2D eigenvalue weighted by atomic mass is 10.0. The van der Waals surface area contributed by atoms with Gasteiger partial charge >= 0.3 is 0 Å². The number of ether oxygens (including phenoxy) is 1. The lowest BCUT2D eigenvalue weighted by molar-refractivity contribution is 0.0946. The number of H-pyrrole nitrogens is 1. The van der Waals surface area contributed by atoms with Crippen LogP contribution < -0.4 is 15.4 Å². The molecule has 0 saturated carbocycles. The molecule has 0 aliphatic carbocycles. The SMILES string of the molecule is COc1cccc(O)c1CNC(=O)c1cc2cc(C[C@@H](C)NC[C@H](O)c3ccc(O)c(CO)c3)ccc2[nH]1. The monoisotopic (exact) mass is 519 g/mol. The summed E-state index contributed by atoms with van der Waals surface area (Å²) in [5.41, 5.74) is 3.82. The number of aliphatic hydroxyl groups excluding tert-OH is 2. The molecule has 0 fully saturated rings. The molecule has 0 aliphatic heterocycles. The second kappa shape index (κ2) is 12.0. The first kappa shape index (κ1) is 27.0. The molecule has 1 aromatic heterocycles. The van der Waals surface area contributed by atoms with Gasteiger partial charge in [-0.3, -0.25) is 4.79 Å². The van der Waals surface area contributed by atoms with Crippen molar-refractivity contribution in [2.24, 2.45) is 0 Å². The van der Waals surface area contributed by atoms with Gasteiger partial charge in [-0.1, -0.05) is 18.2 Å². The molecule has 0 aliphatic rings. The predicted octanol–water partition coefficient (Wildman–Crippen LogP) is 3.26. The van der Waals surface area contributed by atoms with Gasteiger partial charge in [-0.15, -0.1) is 0 Å². The lowest BCUT2D eigenvalue weighted by Crippen LogP contribution is -2.32. The smallest absolute Gasteiger partial charge is 0.268 e. The number of carbonyl (C=O) groups excluding carboxylic acids is 1. The fraction of sp³-hybridized carbons (Fsp3) is 0.276. The first-order chi connectivity index (χ1) is 18.3. The van der Waals surface area contributed by atoms with Gasteiger partial charge in [0.15, 0.2) is 0 Å². The maximum Gasteiger partial charge on any atom is 0.268 e. The number of fused-ring (bicyclic) bond motifs is 1. The molecular weight excluding hydrogens is 486 g/mol. The Morgan fingerprint density at radius 2 is 1.87 bits per heavy atom. The highest BCUT2D eigenvalue weighted by Gasteiger charge is 2.15. The molecule has 7 N–H and O–H groups in total. The molecule has 9 heteroatoms. The number of hydrogen-bond donors (Lipinski definition) is 7.